The number of phosphoric ester groups is 1. The molecule has 0 aliphatic heterocycles. The maximum Gasteiger partial charge on any atom is 0.472 e. The molecule has 0 heterocycles. The summed E-state index contributed by atoms with van der Waals surface area (Å²) in [6, 6.07) is 0. The summed E-state index contributed by atoms with van der Waals surface area (Å²) in [5.74, 6) is -0.860. The fourth-order valence-electron chi connectivity index (χ4n) is 8.27. The number of allylic oxidation sites excluding steroid dienone is 28. The van der Waals surface area contributed by atoms with Gasteiger partial charge in [0.15, 0.2) is 6.10 Å². The SMILES string of the molecule is CC/C=C\C/C=C\C/C=C\C/C=C\C/C=C\C/C=C\C/C=C\C/C=C\CCCCC(=O)OC(COC(=O)CCCCCCCCCCCCCCCC/C=C\C/C=C\C/C=C\C/C=C\C/C=C\C/C=C\CC)COP(=O)(O)OCC[N+](C)(C)C. The van der Waals surface area contributed by atoms with Gasteiger partial charge in [0.05, 0.1) is 27.7 Å². The van der Waals surface area contributed by atoms with Crippen LogP contribution >= 0.6 is 7.82 Å². The van der Waals surface area contributed by atoms with Crippen LogP contribution in [0.2, 0.25) is 0 Å². The molecule has 0 spiro atoms. The van der Waals surface area contributed by atoms with E-state index in [-0.39, 0.29) is 32.0 Å². The van der Waals surface area contributed by atoms with Gasteiger partial charge in [0, 0.05) is 12.8 Å². The molecule has 0 bridgehead atoms. The van der Waals surface area contributed by atoms with E-state index in [9.17, 15) is 19.0 Å². The van der Waals surface area contributed by atoms with Gasteiger partial charge in [-0.1, -0.05) is 261 Å². The number of rotatable bonds is 58. The average molecular weight is 1180 g/mol. The highest BCUT2D eigenvalue weighted by atomic mass is 31.2. The van der Waals surface area contributed by atoms with Crippen LogP contribution in [0.4, 0.5) is 0 Å². The number of esters is 2. The summed E-state index contributed by atoms with van der Waals surface area (Å²) < 4.78 is 34.6. The third kappa shape index (κ3) is 66.5. The van der Waals surface area contributed by atoms with Gasteiger partial charge in [-0.3, -0.25) is 18.6 Å². The third-order valence-electron chi connectivity index (χ3n) is 13.2. The van der Waals surface area contributed by atoms with Crippen LogP contribution in [-0.4, -0.2) is 74.9 Å². The number of phosphoric acid groups is 1. The Morgan fingerprint density at radius 3 is 0.976 bits per heavy atom. The van der Waals surface area contributed by atoms with Crippen molar-refractivity contribution in [2.75, 3.05) is 47.5 Å². The molecule has 2 atom stereocenters. The van der Waals surface area contributed by atoms with E-state index in [0.29, 0.717) is 17.4 Å². The van der Waals surface area contributed by atoms with Crippen LogP contribution in [0.25, 0.3) is 0 Å². The molecule has 0 aliphatic rings. The van der Waals surface area contributed by atoms with Crippen molar-refractivity contribution in [2.45, 2.75) is 238 Å². The molecule has 2 unspecified atom stereocenters. The van der Waals surface area contributed by atoms with Crippen molar-refractivity contribution in [1.29, 1.82) is 0 Å². The van der Waals surface area contributed by atoms with Gasteiger partial charge in [-0.25, -0.2) is 4.57 Å². The van der Waals surface area contributed by atoms with Gasteiger partial charge in [0.2, 0.25) is 0 Å². The molecule has 0 aromatic carbocycles. The number of carbonyl (C=O) groups excluding carboxylic acids is 2. The van der Waals surface area contributed by atoms with Crippen molar-refractivity contribution in [3.63, 3.8) is 0 Å². The number of ether oxygens (including phenoxy) is 2. The Labute approximate surface area is 515 Å². The van der Waals surface area contributed by atoms with Crippen molar-refractivity contribution < 1.29 is 42.1 Å². The summed E-state index contributed by atoms with van der Waals surface area (Å²) in [5.41, 5.74) is 0. The Bertz CT molecular complexity index is 2020. The van der Waals surface area contributed by atoms with Crippen LogP contribution < -0.4 is 0 Å². The highest BCUT2D eigenvalue weighted by Crippen LogP contribution is 2.43. The van der Waals surface area contributed by atoms with Gasteiger partial charge < -0.3 is 18.9 Å². The van der Waals surface area contributed by atoms with E-state index in [1.165, 1.54) is 77.0 Å². The fourth-order valence-corrected chi connectivity index (χ4v) is 9.01. The molecule has 0 radical (unpaired) electrons. The molecule has 0 saturated heterocycles. The molecule has 0 aromatic heterocycles. The first-order valence-electron chi connectivity index (χ1n) is 32.9. The van der Waals surface area contributed by atoms with Crippen molar-refractivity contribution in [3.8, 4) is 0 Å². The van der Waals surface area contributed by atoms with E-state index in [1.807, 2.05) is 21.1 Å². The summed E-state index contributed by atoms with van der Waals surface area (Å²) in [7, 11) is 1.42. The standard InChI is InChI=1S/C74H120NO8P/c1-6-8-10-12-14-16-18-20-22-24-26-28-30-32-34-35-36-37-38-39-41-42-44-46-48-50-52-54-56-58-60-62-64-66-73(76)80-70-72(71-82-84(78,79)81-69-68-75(3,4)5)83-74(77)67-65-63-61-59-57-55-53-51-49-47-45-43-40-33-31-29-27-25-23-21-19-17-15-13-11-9-7-2/h8-11,14-17,20-23,26-29,32-34,36-37,40,45,47,51,53,57,59,72H,6-7,12-13,18-19,24-25,30-31,35,38-39,41-44,46,48-50,52,54-56,58,60-71H2,1-5H3/p+1/b10-8-,11-9-,16-14-,17-15-,22-20-,23-21-,28-26-,29-27-,34-32-,37-36-,40-33-,47-45-,53-51-,59-57-. The lowest BCUT2D eigenvalue weighted by Gasteiger charge is -2.24. The van der Waals surface area contributed by atoms with Crippen LogP contribution in [0.15, 0.2) is 170 Å². The first-order valence-corrected chi connectivity index (χ1v) is 34.4. The number of quaternary nitrogens is 1. The zero-order chi connectivity index (χ0) is 61.2. The van der Waals surface area contributed by atoms with Gasteiger partial charge in [0.25, 0.3) is 0 Å². The number of hydrogen-bond donors (Lipinski definition) is 1. The second-order valence-electron chi connectivity index (χ2n) is 22.4. The highest BCUT2D eigenvalue weighted by molar-refractivity contribution is 7.47. The Kier molecular flexibility index (Phi) is 59.4. The number of unbranched alkanes of at least 4 members (excludes halogenated alkanes) is 16. The summed E-state index contributed by atoms with van der Waals surface area (Å²) in [4.78, 5) is 35.8. The third-order valence-corrected chi connectivity index (χ3v) is 14.2. The van der Waals surface area contributed by atoms with E-state index in [2.05, 4.69) is 184 Å². The summed E-state index contributed by atoms with van der Waals surface area (Å²) in [6.45, 7) is 4.14. The Balaban J connectivity index is 4.20. The van der Waals surface area contributed by atoms with Gasteiger partial charge in [-0.15, -0.1) is 0 Å². The van der Waals surface area contributed by atoms with Crippen molar-refractivity contribution in [3.05, 3.63) is 170 Å². The Morgan fingerprint density at radius 1 is 0.369 bits per heavy atom. The lowest BCUT2D eigenvalue weighted by atomic mass is 10.0. The molecule has 0 saturated carbocycles. The molecule has 9 nitrogen and oxygen atoms in total. The minimum Gasteiger partial charge on any atom is -0.462 e. The number of nitrogens with zero attached hydrogens (tertiary/aromatic N) is 1. The molecule has 0 aliphatic carbocycles. The van der Waals surface area contributed by atoms with Crippen LogP contribution in [0.1, 0.15) is 232 Å². The van der Waals surface area contributed by atoms with E-state index in [1.54, 1.807) is 0 Å². The van der Waals surface area contributed by atoms with Gasteiger partial charge in [-0.2, -0.15) is 0 Å². The van der Waals surface area contributed by atoms with Crippen LogP contribution in [-0.2, 0) is 32.7 Å². The van der Waals surface area contributed by atoms with E-state index >= 15 is 0 Å². The molecule has 0 aromatic rings. The van der Waals surface area contributed by atoms with E-state index in [4.69, 9.17) is 18.5 Å². The summed E-state index contributed by atoms with van der Waals surface area (Å²) in [5, 5.41) is 0. The molecule has 84 heavy (non-hydrogen) atoms. The predicted molar refractivity (Wildman–Crippen MR) is 362 cm³/mol. The minimum absolute atomic E-state index is 0.0138. The highest BCUT2D eigenvalue weighted by Gasteiger charge is 2.27. The quantitative estimate of drug-likeness (QED) is 0.0211. The Hall–Kier alpha value is -4.63. The predicted octanol–water partition coefficient (Wildman–Crippen LogP) is 21.4. The zero-order valence-corrected chi connectivity index (χ0v) is 54.7. The second-order valence-corrected chi connectivity index (χ2v) is 23.8. The van der Waals surface area contributed by atoms with Crippen molar-refractivity contribution >= 4 is 19.8 Å². The molecule has 0 fully saturated rings. The minimum atomic E-state index is -4.42. The fraction of sp³-hybridized carbons (Fsp3) is 0.595. The topological polar surface area (TPSA) is 108 Å². The number of likely N-dealkylation sites (N-methyl/N-ethyl adjacent to an activating group) is 1. The first-order chi connectivity index (χ1) is 41.0. The first kappa shape index (κ1) is 79.4. The van der Waals surface area contributed by atoms with Gasteiger partial charge in [0.1, 0.15) is 19.8 Å². The van der Waals surface area contributed by atoms with Gasteiger partial charge >= 0.3 is 19.8 Å². The number of hydrogen-bond acceptors (Lipinski definition) is 7. The normalized spacial score (nSPS) is 14.3. The smallest absolute Gasteiger partial charge is 0.462 e. The second kappa shape index (κ2) is 62.9. The molecule has 0 rings (SSSR count). The largest absolute Gasteiger partial charge is 0.472 e. The van der Waals surface area contributed by atoms with Crippen molar-refractivity contribution in [1.82, 2.24) is 0 Å². The van der Waals surface area contributed by atoms with E-state index < -0.39 is 26.5 Å². The molecule has 474 valence electrons. The van der Waals surface area contributed by atoms with E-state index in [0.717, 1.165) is 122 Å². The number of carbonyl (C=O) groups is 2. The van der Waals surface area contributed by atoms with Crippen LogP contribution in [0.5, 0.6) is 0 Å². The zero-order valence-electron chi connectivity index (χ0n) is 53.8. The maximum absolute atomic E-state index is 12.8. The summed E-state index contributed by atoms with van der Waals surface area (Å²) in [6.07, 6.45) is 95.9. The molecule has 10 heteroatoms. The summed E-state index contributed by atoms with van der Waals surface area (Å²) >= 11 is 0. The monoisotopic (exact) mass is 1180 g/mol. The molecule has 0 amide bonds. The average Bonchev–Trinajstić information content (AvgIpc) is 3.61. The Morgan fingerprint density at radius 2 is 0.643 bits per heavy atom. The van der Waals surface area contributed by atoms with Crippen molar-refractivity contribution in [2.24, 2.45) is 0 Å². The maximum atomic E-state index is 12.8. The molecular formula is C74H121NO8P+. The lowest BCUT2D eigenvalue weighted by Crippen LogP contribution is -2.37. The van der Waals surface area contributed by atoms with Gasteiger partial charge in [-0.05, 0) is 128 Å². The molecular weight excluding hydrogens is 1060 g/mol. The molecule has 1 N–H and O–H groups in total. The lowest BCUT2D eigenvalue weighted by molar-refractivity contribution is -0.870. The van der Waals surface area contributed by atoms with Crippen LogP contribution in [0, 0.1) is 0 Å². The van der Waals surface area contributed by atoms with Crippen LogP contribution in [0.3, 0.4) is 0 Å².